The first-order chi connectivity index (χ1) is 17.5. The molecule has 8 heteroatoms. The van der Waals surface area contributed by atoms with Crippen molar-refractivity contribution in [2.45, 2.75) is 12.5 Å². The van der Waals surface area contributed by atoms with Crippen LogP contribution in [0.1, 0.15) is 23.6 Å². The van der Waals surface area contributed by atoms with Crippen molar-refractivity contribution in [1.82, 2.24) is 9.80 Å². The maximum atomic E-state index is 13.3. The Labute approximate surface area is 211 Å². The van der Waals surface area contributed by atoms with Gasteiger partial charge in [-0.1, -0.05) is 42.5 Å². The second-order valence-corrected chi connectivity index (χ2v) is 8.69. The molecule has 0 aliphatic carbocycles. The van der Waals surface area contributed by atoms with Crippen LogP contribution < -0.4 is 9.47 Å². The van der Waals surface area contributed by atoms with Crippen LogP contribution in [-0.2, 0) is 14.3 Å². The lowest BCUT2D eigenvalue weighted by molar-refractivity contribution is -0.129. The Kier molecular flexibility index (Phi) is 8.40. The molecule has 1 amide bonds. The molecule has 0 aromatic heterocycles. The summed E-state index contributed by atoms with van der Waals surface area (Å²) in [5, 5.41) is 10.9. The van der Waals surface area contributed by atoms with Gasteiger partial charge in [-0.25, -0.2) is 0 Å². The Hall–Kier alpha value is -3.62. The van der Waals surface area contributed by atoms with Crippen LogP contribution in [0.2, 0.25) is 0 Å². The van der Waals surface area contributed by atoms with Gasteiger partial charge in [-0.15, -0.1) is 0 Å². The van der Waals surface area contributed by atoms with E-state index < -0.39 is 23.5 Å². The predicted octanol–water partition coefficient (Wildman–Crippen LogP) is 3.40. The molecule has 0 spiro atoms. The third kappa shape index (κ3) is 5.61. The zero-order chi connectivity index (χ0) is 25.5. The van der Waals surface area contributed by atoms with E-state index in [0.29, 0.717) is 43.2 Å². The maximum Gasteiger partial charge on any atom is 0.290 e. The molecule has 1 fully saturated rings. The standard InChI is InChI=1S/C28H32N2O6/c1-34-23-12-10-21(19-24(23)35-2)26-25(22(31)11-9-20-7-4-3-5-8-20)27(32)28(33)30(26)14-6-13-29-15-17-36-18-16-29/h3-5,7-12,19,26,32H,6,13-18H2,1-2H3. The Morgan fingerprint density at radius 2 is 1.78 bits per heavy atom. The van der Waals surface area contributed by atoms with Crippen molar-refractivity contribution in [3.8, 4) is 11.5 Å². The van der Waals surface area contributed by atoms with Crippen LogP contribution in [0.25, 0.3) is 6.08 Å². The van der Waals surface area contributed by atoms with E-state index >= 15 is 0 Å². The van der Waals surface area contributed by atoms with Crippen LogP contribution in [-0.4, -0.2) is 80.2 Å². The second kappa shape index (κ2) is 11.9. The number of hydrogen-bond acceptors (Lipinski definition) is 7. The molecule has 36 heavy (non-hydrogen) atoms. The number of carbonyl (C=O) groups is 2. The predicted molar refractivity (Wildman–Crippen MR) is 136 cm³/mol. The van der Waals surface area contributed by atoms with E-state index in [1.807, 2.05) is 30.3 Å². The first kappa shape index (κ1) is 25.5. The Balaban J connectivity index is 1.63. The van der Waals surface area contributed by atoms with Gasteiger partial charge in [0.05, 0.1) is 39.0 Å². The molecule has 2 aromatic carbocycles. The van der Waals surface area contributed by atoms with Gasteiger partial charge < -0.3 is 24.2 Å². The highest BCUT2D eigenvalue weighted by Gasteiger charge is 2.43. The summed E-state index contributed by atoms with van der Waals surface area (Å²) in [7, 11) is 3.08. The fourth-order valence-corrected chi connectivity index (χ4v) is 4.62. The summed E-state index contributed by atoms with van der Waals surface area (Å²) in [6.07, 6.45) is 3.78. The number of ketones is 1. The van der Waals surface area contributed by atoms with Crippen LogP contribution in [0.4, 0.5) is 0 Å². The first-order valence-corrected chi connectivity index (χ1v) is 12.1. The van der Waals surface area contributed by atoms with E-state index in [9.17, 15) is 14.7 Å². The maximum absolute atomic E-state index is 13.3. The lowest BCUT2D eigenvalue weighted by Crippen LogP contribution is -2.39. The van der Waals surface area contributed by atoms with Gasteiger partial charge >= 0.3 is 0 Å². The number of benzene rings is 2. The van der Waals surface area contributed by atoms with Crippen molar-refractivity contribution in [3.05, 3.63) is 77.1 Å². The summed E-state index contributed by atoms with van der Waals surface area (Å²) < 4.78 is 16.2. The zero-order valence-corrected chi connectivity index (χ0v) is 20.7. The third-order valence-corrected chi connectivity index (χ3v) is 6.50. The van der Waals surface area contributed by atoms with Crippen molar-refractivity contribution in [2.24, 2.45) is 0 Å². The van der Waals surface area contributed by atoms with E-state index in [2.05, 4.69) is 4.90 Å². The minimum absolute atomic E-state index is 0.0609. The molecule has 1 N–H and O–H groups in total. The van der Waals surface area contributed by atoms with Crippen LogP contribution >= 0.6 is 0 Å². The smallest absolute Gasteiger partial charge is 0.290 e. The number of ether oxygens (including phenoxy) is 3. The minimum Gasteiger partial charge on any atom is -0.503 e. The largest absolute Gasteiger partial charge is 0.503 e. The molecule has 8 nitrogen and oxygen atoms in total. The number of morpholine rings is 1. The highest BCUT2D eigenvalue weighted by atomic mass is 16.5. The van der Waals surface area contributed by atoms with Gasteiger partial charge in [0.15, 0.2) is 23.0 Å². The van der Waals surface area contributed by atoms with Gasteiger partial charge in [-0.3, -0.25) is 14.5 Å². The molecule has 0 saturated carbocycles. The number of methoxy groups -OCH3 is 2. The topological polar surface area (TPSA) is 88.5 Å². The van der Waals surface area contributed by atoms with E-state index in [0.717, 1.165) is 25.2 Å². The van der Waals surface area contributed by atoms with Gasteiger partial charge in [0.25, 0.3) is 5.91 Å². The third-order valence-electron chi connectivity index (χ3n) is 6.50. The highest BCUT2D eigenvalue weighted by Crippen LogP contribution is 2.41. The Morgan fingerprint density at radius 1 is 1.06 bits per heavy atom. The number of aliphatic hydroxyl groups is 1. The summed E-state index contributed by atoms with van der Waals surface area (Å²) in [6, 6.07) is 13.9. The minimum atomic E-state index is -0.741. The van der Waals surface area contributed by atoms with Gasteiger partial charge in [0.1, 0.15) is 0 Å². The van der Waals surface area contributed by atoms with Crippen molar-refractivity contribution in [3.63, 3.8) is 0 Å². The van der Waals surface area contributed by atoms with Crippen molar-refractivity contribution >= 4 is 17.8 Å². The van der Waals surface area contributed by atoms with Gasteiger partial charge in [0, 0.05) is 26.2 Å². The first-order valence-electron chi connectivity index (χ1n) is 12.1. The van der Waals surface area contributed by atoms with Crippen molar-refractivity contribution in [1.29, 1.82) is 0 Å². The molecule has 2 aromatic rings. The normalized spacial score (nSPS) is 18.8. The van der Waals surface area contributed by atoms with Crippen molar-refractivity contribution < 1.29 is 28.9 Å². The van der Waals surface area contributed by atoms with E-state index in [4.69, 9.17) is 14.2 Å². The molecular weight excluding hydrogens is 460 g/mol. The fraction of sp³-hybridized carbons (Fsp3) is 0.357. The fourth-order valence-electron chi connectivity index (χ4n) is 4.62. The number of rotatable bonds is 10. The number of nitrogens with zero attached hydrogens (tertiary/aromatic N) is 2. The van der Waals surface area contributed by atoms with Crippen LogP contribution in [0.3, 0.4) is 0 Å². The van der Waals surface area contributed by atoms with Crippen LogP contribution in [0.5, 0.6) is 11.5 Å². The second-order valence-electron chi connectivity index (χ2n) is 8.69. The quantitative estimate of drug-likeness (QED) is 0.509. The highest BCUT2D eigenvalue weighted by molar-refractivity contribution is 6.14. The molecule has 2 heterocycles. The molecule has 4 rings (SSSR count). The molecule has 0 radical (unpaired) electrons. The van der Waals surface area contributed by atoms with Crippen molar-refractivity contribution in [2.75, 3.05) is 53.6 Å². The van der Waals surface area contributed by atoms with Crippen LogP contribution in [0.15, 0.2) is 65.9 Å². The molecule has 0 bridgehead atoms. The lowest BCUT2D eigenvalue weighted by atomic mass is 9.95. The van der Waals surface area contributed by atoms with E-state index in [-0.39, 0.29) is 5.57 Å². The van der Waals surface area contributed by atoms with Gasteiger partial charge in [-0.05, 0) is 35.8 Å². The molecule has 1 saturated heterocycles. The molecule has 2 aliphatic heterocycles. The number of hydrogen-bond donors (Lipinski definition) is 1. The number of carbonyl (C=O) groups excluding carboxylic acids is 2. The summed E-state index contributed by atoms with van der Waals surface area (Å²) in [4.78, 5) is 30.4. The average Bonchev–Trinajstić information content (AvgIpc) is 3.17. The molecule has 190 valence electrons. The van der Waals surface area contributed by atoms with Gasteiger partial charge in [-0.2, -0.15) is 0 Å². The van der Waals surface area contributed by atoms with E-state index in [1.165, 1.54) is 13.2 Å². The molecular formula is C28H32N2O6. The molecule has 1 atom stereocenters. The summed E-state index contributed by atoms with van der Waals surface area (Å²) in [6.45, 7) is 4.29. The number of aliphatic hydroxyl groups excluding tert-OH is 1. The SMILES string of the molecule is COc1ccc(C2C(C(=O)C=Cc3ccccc3)=C(O)C(=O)N2CCCN2CCOCC2)cc1OC. The zero-order valence-electron chi connectivity index (χ0n) is 20.7. The molecule has 1 unspecified atom stereocenters. The number of amides is 1. The summed E-state index contributed by atoms with van der Waals surface area (Å²) in [5.74, 6) is -0.458. The number of allylic oxidation sites excluding steroid dienone is 1. The van der Waals surface area contributed by atoms with Gasteiger partial charge in [0.2, 0.25) is 0 Å². The van der Waals surface area contributed by atoms with E-state index in [1.54, 1.807) is 36.3 Å². The Bertz CT molecular complexity index is 1140. The molecule has 2 aliphatic rings. The average molecular weight is 493 g/mol. The monoisotopic (exact) mass is 492 g/mol. The Morgan fingerprint density at radius 3 is 2.47 bits per heavy atom. The summed E-state index contributed by atoms with van der Waals surface area (Å²) in [5.41, 5.74) is 1.57. The summed E-state index contributed by atoms with van der Waals surface area (Å²) >= 11 is 0. The van der Waals surface area contributed by atoms with Crippen LogP contribution in [0, 0.1) is 0 Å². The lowest BCUT2D eigenvalue weighted by Gasteiger charge is -2.30.